The second kappa shape index (κ2) is 9.25. The van der Waals surface area contributed by atoms with Crippen LogP contribution < -0.4 is 4.90 Å². The van der Waals surface area contributed by atoms with E-state index in [1.54, 1.807) is 0 Å². The van der Waals surface area contributed by atoms with Gasteiger partial charge in [-0.3, -0.25) is 14.5 Å². The maximum Gasteiger partial charge on any atom is 0.416 e. The number of carbonyl (C=O) groups excluding carboxylic acids is 2. The highest BCUT2D eigenvalue weighted by atomic mass is 35.5. The molecule has 1 atom stereocenters. The molecule has 0 radical (unpaired) electrons. The first-order valence-corrected chi connectivity index (χ1v) is 9.77. The van der Waals surface area contributed by atoms with Crippen LogP contribution in [-0.2, 0) is 22.3 Å². The van der Waals surface area contributed by atoms with Gasteiger partial charge in [0.2, 0.25) is 5.91 Å². The molecular formula is C21H18ClF4N3O3. The summed E-state index contributed by atoms with van der Waals surface area (Å²) in [6.45, 7) is 2.71. The summed E-state index contributed by atoms with van der Waals surface area (Å²) in [5.74, 6) is -2.58. The predicted molar refractivity (Wildman–Crippen MR) is 108 cm³/mol. The normalized spacial score (nSPS) is 17.1. The Morgan fingerprint density at radius 1 is 1.25 bits per heavy atom. The van der Waals surface area contributed by atoms with Crippen LogP contribution in [0.15, 0.2) is 48.7 Å². The molecule has 0 bridgehead atoms. The molecule has 32 heavy (non-hydrogen) atoms. The van der Waals surface area contributed by atoms with Crippen LogP contribution in [0, 0.1) is 5.82 Å². The van der Waals surface area contributed by atoms with Gasteiger partial charge >= 0.3 is 6.18 Å². The Labute approximate surface area is 185 Å². The van der Waals surface area contributed by atoms with E-state index in [-0.39, 0.29) is 36.0 Å². The van der Waals surface area contributed by atoms with E-state index in [2.05, 4.69) is 11.6 Å². The maximum absolute atomic E-state index is 14.4. The Kier molecular flexibility index (Phi) is 6.85. The van der Waals surface area contributed by atoms with Crippen LogP contribution in [0.25, 0.3) is 0 Å². The lowest BCUT2D eigenvalue weighted by molar-refractivity contribution is -0.142. The van der Waals surface area contributed by atoms with E-state index in [1.165, 1.54) is 12.1 Å². The zero-order chi connectivity index (χ0) is 23.6. The number of aromatic nitrogens is 1. The van der Waals surface area contributed by atoms with Gasteiger partial charge < -0.3 is 10.0 Å². The number of piperazine rings is 1. The Hall–Kier alpha value is -2.98. The molecule has 2 aromatic rings. The number of aliphatic hydroxyl groups is 1. The third kappa shape index (κ3) is 4.91. The first kappa shape index (κ1) is 23.7. The lowest BCUT2D eigenvalue weighted by Gasteiger charge is -2.40. The van der Waals surface area contributed by atoms with Crippen molar-refractivity contribution in [3.63, 3.8) is 0 Å². The molecule has 1 aromatic carbocycles. The fraction of sp³-hybridized carbons (Fsp3) is 0.286. The second-order valence-electron chi connectivity index (χ2n) is 7.13. The summed E-state index contributed by atoms with van der Waals surface area (Å²) in [6, 6.07) is 3.86. The predicted octanol–water partition coefficient (Wildman–Crippen LogP) is 3.58. The number of anilines is 1. The fourth-order valence-electron chi connectivity index (χ4n) is 3.36. The first-order chi connectivity index (χ1) is 15.0. The van der Waals surface area contributed by atoms with Gasteiger partial charge in [0.15, 0.2) is 11.6 Å². The zero-order valence-electron chi connectivity index (χ0n) is 16.6. The van der Waals surface area contributed by atoms with Crippen LogP contribution in [0.1, 0.15) is 17.5 Å². The van der Waals surface area contributed by atoms with Crippen molar-refractivity contribution in [1.29, 1.82) is 0 Å². The van der Waals surface area contributed by atoms with Crippen LogP contribution in [0.2, 0.25) is 5.02 Å². The molecule has 1 N–H and O–H groups in total. The monoisotopic (exact) mass is 471 g/mol. The number of nitrogens with zero attached hydrogens (tertiary/aromatic N) is 3. The highest BCUT2D eigenvalue weighted by molar-refractivity contribution is 6.30. The molecule has 1 saturated heterocycles. The number of rotatable bonds is 6. The number of alkyl halides is 3. The standard InChI is InChI=1S/C21H18ClF4N3O3/c1-12(6-7-30)18-20(32)29(19-16(23)8-15(22)9-27-19)11-17(31)28(18)10-13-2-4-14(5-3-13)21(24,25)26/h2-5,8-9,18,30H,1,6-7,10-11H2/t18-/m0/s1. The van der Waals surface area contributed by atoms with E-state index in [0.717, 1.165) is 34.2 Å². The molecule has 0 spiro atoms. The Morgan fingerprint density at radius 3 is 2.47 bits per heavy atom. The van der Waals surface area contributed by atoms with E-state index >= 15 is 0 Å². The molecule has 2 amide bonds. The maximum atomic E-state index is 14.4. The van der Waals surface area contributed by atoms with Crippen molar-refractivity contribution < 1.29 is 32.3 Å². The summed E-state index contributed by atoms with van der Waals surface area (Å²) in [6.07, 6.45) is -3.40. The molecule has 170 valence electrons. The third-order valence-electron chi connectivity index (χ3n) is 4.92. The minimum absolute atomic E-state index is 0.00667. The summed E-state index contributed by atoms with van der Waals surface area (Å²) in [7, 11) is 0. The van der Waals surface area contributed by atoms with Crippen molar-refractivity contribution in [2.24, 2.45) is 0 Å². The average molecular weight is 472 g/mol. The number of carbonyl (C=O) groups is 2. The van der Waals surface area contributed by atoms with Crippen molar-refractivity contribution in [2.45, 2.75) is 25.2 Å². The SMILES string of the molecule is C=C(CCO)[C@H]1C(=O)N(c2ncc(Cl)cc2F)CC(=O)N1Cc1ccc(C(F)(F)F)cc1. The highest BCUT2D eigenvalue weighted by Crippen LogP contribution is 2.31. The molecule has 6 nitrogen and oxygen atoms in total. The van der Waals surface area contributed by atoms with Crippen molar-refractivity contribution in [2.75, 3.05) is 18.1 Å². The second-order valence-corrected chi connectivity index (χ2v) is 7.57. The van der Waals surface area contributed by atoms with Crippen LogP contribution in [0.3, 0.4) is 0 Å². The van der Waals surface area contributed by atoms with Crippen LogP contribution in [0.4, 0.5) is 23.4 Å². The van der Waals surface area contributed by atoms with Gasteiger partial charge in [0.25, 0.3) is 5.91 Å². The molecule has 1 fully saturated rings. The Balaban J connectivity index is 1.93. The lowest BCUT2D eigenvalue weighted by atomic mass is 9.98. The van der Waals surface area contributed by atoms with Gasteiger partial charge in [-0.2, -0.15) is 13.2 Å². The molecule has 0 unspecified atom stereocenters. The van der Waals surface area contributed by atoms with E-state index < -0.39 is 42.0 Å². The summed E-state index contributed by atoms with van der Waals surface area (Å²) in [4.78, 5) is 32.0. The molecule has 3 rings (SSSR count). The Bertz CT molecular complexity index is 1040. The first-order valence-electron chi connectivity index (χ1n) is 9.39. The smallest absolute Gasteiger partial charge is 0.396 e. The highest BCUT2D eigenvalue weighted by Gasteiger charge is 2.42. The van der Waals surface area contributed by atoms with Gasteiger partial charge in [0.05, 0.1) is 10.6 Å². The van der Waals surface area contributed by atoms with Crippen molar-refractivity contribution in [1.82, 2.24) is 9.88 Å². The number of hydrogen-bond donors (Lipinski definition) is 1. The van der Waals surface area contributed by atoms with Crippen LogP contribution in [0.5, 0.6) is 0 Å². The number of aliphatic hydroxyl groups excluding tert-OH is 1. The van der Waals surface area contributed by atoms with Crippen LogP contribution in [-0.4, -0.2) is 46.0 Å². The minimum atomic E-state index is -4.51. The van der Waals surface area contributed by atoms with Gasteiger partial charge in [0, 0.05) is 19.3 Å². The van der Waals surface area contributed by atoms with E-state index in [4.69, 9.17) is 11.6 Å². The zero-order valence-corrected chi connectivity index (χ0v) is 17.3. The largest absolute Gasteiger partial charge is 0.416 e. The van der Waals surface area contributed by atoms with Gasteiger partial charge in [-0.05, 0) is 35.8 Å². The summed E-state index contributed by atoms with van der Waals surface area (Å²) in [5.41, 5.74) is -0.305. The molecule has 1 aromatic heterocycles. The van der Waals surface area contributed by atoms with Crippen molar-refractivity contribution in [3.8, 4) is 0 Å². The molecule has 2 heterocycles. The minimum Gasteiger partial charge on any atom is -0.396 e. The molecule has 0 saturated carbocycles. The molecule has 0 aliphatic carbocycles. The van der Waals surface area contributed by atoms with E-state index in [1.807, 2.05) is 0 Å². The Morgan fingerprint density at radius 2 is 1.91 bits per heavy atom. The van der Waals surface area contributed by atoms with Gasteiger partial charge in [-0.1, -0.05) is 30.3 Å². The number of benzene rings is 1. The average Bonchev–Trinajstić information content (AvgIpc) is 2.71. The molecule has 1 aliphatic rings. The van der Waals surface area contributed by atoms with E-state index in [9.17, 15) is 32.3 Å². The van der Waals surface area contributed by atoms with Crippen molar-refractivity contribution >= 4 is 29.2 Å². The molecule has 11 heteroatoms. The summed E-state index contributed by atoms with van der Waals surface area (Å²) < 4.78 is 52.8. The number of pyridine rings is 1. The topological polar surface area (TPSA) is 73.7 Å². The number of hydrogen-bond acceptors (Lipinski definition) is 4. The summed E-state index contributed by atoms with van der Waals surface area (Å²) in [5, 5.41) is 9.28. The summed E-state index contributed by atoms with van der Waals surface area (Å²) >= 11 is 5.70. The van der Waals surface area contributed by atoms with Gasteiger partial charge in [-0.25, -0.2) is 9.37 Å². The number of amides is 2. The molecular weight excluding hydrogens is 454 g/mol. The quantitative estimate of drug-likeness (QED) is 0.516. The van der Waals surface area contributed by atoms with Gasteiger partial charge in [-0.15, -0.1) is 0 Å². The number of halogens is 5. The molecule has 1 aliphatic heterocycles. The fourth-order valence-corrected chi connectivity index (χ4v) is 3.51. The van der Waals surface area contributed by atoms with E-state index in [0.29, 0.717) is 5.56 Å². The third-order valence-corrected chi connectivity index (χ3v) is 5.13. The lowest BCUT2D eigenvalue weighted by Crippen LogP contribution is -2.60. The van der Waals surface area contributed by atoms with Gasteiger partial charge in [0.1, 0.15) is 12.6 Å². The van der Waals surface area contributed by atoms with Crippen molar-refractivity contribution in [3.05, 3.63) is 70.6 Å². The van der Waals surface area contributed by atoms with Crippen LogP contribution >= 0.6 is 11.6 Å².